The molecule has 1 atom stereocenters. The van der Waals surface area contributed by atoms with E-state index in [-0.39, 0.29) is 23.9 Å². The highest BCUT2D eigenvalue weighted by Crippen LogP contribution is 2.19. The fourth-order valence-corrected chi connectivity index (χ4v) is 3.55. The molecule has 2 aliphatic heterocycles. The first-order chi connectivity index (χ1) is 12.2. The first-order valence-electron chi connectivity index (χ1n) is 8.96. The lowest BCUT2D eigenvalue weighted by Crippen LogP contribution is -2.53. The van der Waals surface area contributed by atoms with E-state index in [9.17, 15) is 9.59 Å². The Labute approximate surface area is 148 Å². The van der Waals surface area contributed by atoms with E-state index in [0.717, 1.165) is 38.8 Å². The lowest BCUT2D eigenvalue weighted by atomic mass is 9.96. The fourth-order valence-electron chi connectivity index (χ4n) is 3.55. The van der Waals surface area contributed by atoms with Crippen LogP contribution in [0.3, 0.4) is 0 Å². The minimum Gasteiger partial charge on any atom is -0.359 e. The van der Waals surface area contributed by atoms with Crippen LogP contribution >= 0.6 is 0 Å². The number of carbonyl (C=O) groups is 2. The smallest absolute Gasteiger partial charge is 0.317 e. The van der Waals surface area contributed by atoms with E-state index in [0.29, 0.717) is 19.0 Å². The molecule has 0 aromatic carbocycles. The molecule has 3 heterocycles. The van der Waals surface area contributed by atoms with Gasteiger partial charge in [0.25, 0.3) is 0 Å². The normalized spacial score (nSPS) is 21.7. The van der Waals surface area contributed by atoms with Crippen molar-refractivity contribution >= 4 is 17.9 Å². The monoisotopic (exact) mass is 346 g/mol. The zero-order valence-corrected chi connectivity index (χ0v) is 14.6. The van der Waals surface area contributed by atoms with Crippen LogP contribution in [0.25, 0.3) is 0 Å². The van der Waals surface area contributed by atoms with Crippen molar-refractivity contribution in [1.29, 1.82) is 0 Å². The van der Waals surface area contributed by atoms with E-state index in [2.05, 4.69) is 25.5 Å². The van der Waals surface area contributed by atoms with E-state index in [1.807, 2.05) is 4.90 Å². The van der Waals surface area contributed by atoms with E-state index in [1.165, 1.54) is 0 Å². The van der Waals surface area contributed by atoms with Crippen molar-refractivity contribution in [2.75, 3.05) is 38.1 Å². The van der Waals surface area contributed by atoms with Crippen molar-refractivity contribution in [3.8, 4) is 0 Å². The SMILES string of the molecule is CNC(=O)C1CCN(C(=O)N[C@H]2CCCN(c3ncccn3)C2)CC1. The van der Waals surface area contributed by atoms with Crippen LogP contribution in [-0.2, 0) is 4.79 Å². The van der Waals surface area contributed by atoms with Gasteiger partial charge in [-0.2, -0.15) is 0 Å². The maximum absolute atomic E-state index is 12.5. The quantitative estimate of drug-likeness (QED) is 0.837. The highest BCUT2D eigenvalue weighted by molar-refractivity contribution is 5.79. The Balaban J connectivity index is 1.49. The molecule has 2 saturated heterocycles. The molecule has 8 heteroatoms. The van der Waals surface area contributed by atoms with E-state index < -0.39 is 0 Å². The predicted molar refractivity (Wildman–Crippen MR) is 94.2 cm³/mol. The number of piperidine rings is 2. The van der Waals surface area contributed by atoms with Gasteiger partial charge in [0.1, 0.15) is 0 Å². The van der Waals surface area contributed by atoms with Gasteiger partial charge in [0.15, 0.2) is 0 Å². The zero-order chi connectivity index (χ0) is 17.6. The molecule has 0 saturated carbocycles. The van der Waals surface area contributed by atoms with Crippen LogP contribution in [0, 0.1) is 5.92 Å². The number of amides is 3. The summed E-state index contributed by atoms with van der Waals surface area (Å²) in [6, 6.07) is 1.87. The molecule has 2 aliphatic rings. The molecule has 8 nitrogen and oxygen atoms in total. The number of carbonyl (C=O) groups excluding carboxylic acids is 2. The van der Waals surface area contributed by atoms with E-state index in [1.54, 1.807) is 25.5 Å². The number of hydrogen-bond acceptors (Lipinski definition) is 5. The summed E-state index contributed by atoms with van der Waals surface area (Å²) in [6.45, 7) is 2.89. The molecular formula is C17H26N6O2. The van der Waals surface area contributed by atoms with Crippen LogP contribution in [0.4, 0.5) is 10.7 Å². The van der Waals surface area contributed by atoms with Crippen molar-refractivity contribution in [2.45, 2.75) is 31.7 Å². The Morgan fingerprint density at radius 1 is 1.12 bits per heavy atom. The summed E-state index contributed by atoms with van der Waals surface area (Å²) in [5.74, 6) is 0.813. The van der Waals surface area contributed by atoms with Gasteiger partial charge in [0.2, 0.25) is 11.9 Å². The molecule has 0 spiro atoms. The van der Waals surface area contributed by atoms with E-state index >= 15 is 0 Å². The molecule has 0 unspecified atom stereocenters. The van der Waals surface area contributed by atoms with E-state index in [4.69, 9.17) is 0 Å². The van der Waals surface area contributed by atoms with Gasteiger partial charge in [-0.15, -0.1) is 0 Å². The van der Waals surface area contributed by atoms with Crippen LogP contribution in [0.15, 0.2) is 18.5 Å². The van der Waals surface area contributed by atoms with Crippen LogP contribution in [-0.4, -0.2) is 66.1 Å². The Morgan fingerprint density at radius 3 is 2.52 bits per heavy atom. The maximum Gasteiger partial charge on any atom is 0.317 e. The van der Waals surface area contributed by atoms with Crippen molar-refractivity contribution in [1.82, 2.24) is 25.5 Å². The Hall–Kier alpha value is -2.38. The maximum atomic E-state index is 12.5. The second kappa shape index (κ2) is 8.13. The molecule has 3 amide bonds. The minimum absolute atomic E-state index is 0.0226. The third-order valence-corrected chi connectivity index (χ3v) is 4.98. The van der Waals surface area contributed by atoms with Gasteiger partial charge in [0, 0.05) is 57.6 Å². The largest absolute Gasteiger partial charge is 0.359 e. The lowest BCUT2D eigenvalue weighted by molar-refractivity contribution is -0.125. The van der Waals surface area contributed by atoms with Gasteiger partial charge < -0.3 is 20.4 Å². The molecule has 0 aliphatic carbocycles. The third kappa shape index (κ3) is 4.37. The average Bonchev–Trinajstić information content (AvgIpc) is 2.68. The summed E-state index contributed by atoms with van der Waals surface area (Å²) in [6.07, 6.45) is 6.89. The number of nitrogens with one attached hydrogen (secondary N) is 2. The van der Waals surface area contributed by atoms with Crippen molar-refractivity contribution in [3.05, 3.63) is 18.5 Å². The zero-order valence-electron chi connectivity index (χ0n) is 14.6. The van der Waals surface area contributed by atoms with Crippen molar-refractivity contribution in [3.63, 3.8) is 0 Å². The Morgan fingerprint density at radius 2 is 1.84 bits per heavy atom. The topological polar surface area (TPSA) is 90.5 Å². The highest BCUT2D eigenvalue weighted by Gasteiger charge is 2.29. The van der Waals surface area contributed by atoms with Gasteiger partial charge in [-0.05, 0) is 31.7 Å². The molecule has 3 rings (SSSR count). The van der Waals surface area contributed by atoms with Gasteiger partial charge in [-0.25, -0.2) is 14.8 Å². The number of nitrogens with zero attached hydrogens (tertiary/aromatic N) is 4. The van der Waals surface area contributed by atoms with Crippen molar-refractivity contribution in [2.24, 2.45) is 5.92 Å². The number of rotatable bonds is 3. The lowest BCUT2D eigenvalue weighted by Gasteiger charge is -2.36. The van der Waals surface area contributed by atoms with Crippen LogP contribution in [0.2, 0.25) is 0 Å². The second-order valence-electron chi connectivity index (χ2n) is 6.66. The van der Waals surface area contributed by atoms with Gasteiger partial charge in [-0.1, -0.05) is 0 Å². The third-order valence-electron chi connectivity index (χ3n) is 4.98. The standard InChI is InChI=1S/C17H26N6O2/c1-18-15(24)13-5-10-22(11-6-13)17(25)21-14-4-2-9-23(12-14)16-19-7-3-8-20-16/h3,7-8,13-14H,2,4-6,9-12H2,1H3,(H,18,24)(H,21,25)/t14-/m0/s1. The summed E-state index contributed by atoms with van der Waals surface area (Å²) in [5.41, 5.74) is 0. The molecule has 2 fully saturated rings. The summed E-state index contributed by atoms with van der Waals surface area (Å²) in [5, 5.41) is 5.83. The minimum atomic E-state index is -0.0313. The summed E-state index contributed by atoms with van der Waals surface area (Å²) < 4.78 is 0. The first kappa shape index (κ1) is 17.4. The predicted octanol–water partition coefficient (Wildman–Crippen LogP) is 0.613. The number of anilines is 1. The van der Waals surface area contributed by atoms with Gasteiger partial charge in [0.05, 0.1) is 0 Å². The number of aromatic nitrogens is 2. The first-order valence-corrected chi connectivity index (χ1v) is 8.96. The summed E-state index contributed by atoms with van der Waals surface area (Å²) in [7, 11) is 1.66. The molecule has 136 valence electrons. The Kier molecular flexibility index (Phi) is 5.67. The summed E-state index contributed by atoms with van der Waals surface area (Å²) in [4.78, 5) is 36.7. The number of hydrogen-bond donors (Lipinski definition) is 2. The van der Waals surface area contributed by atoms with Crippen molar-refractivity contribution < 1.29 is 9.59 Å². The van der Waals surface area contributed by atoms with Crippen LogP contribution < -0.4 is 15.5 Å². The van der Waals surface area contributed by atoms with Gasteiger partial charge >= 0.3 is 6.03 Å². The molecule has 2 N–H and O–H groups in total. The average molecular weight is 346 g/mol. The molecule has 1 aromatic heterocycles. The second-order valence-corrected chi connectivity index (χ2v) is 6.66. The van der Waals surface area contributed by atoms with Gasteiger partial charge in [-0.3, -0.25) is 4.79 Å². The Bertz CT molecular complexity index is 588. The summed E-state index contributed by atoms with van der Waals surface area (Å²) >= 11 is 0. The van der Waals surface area contributed by atoms with Crippen LogP contribution in [0.5, 0.6) is 0 Å². The fraction of sp³-hybridized carbons (Fsp3) is 0.647. The molecular weight excluding hydrogens is 320 g/mol. The molecule has 0 radical (unpaired) electrons. The molecule has 25 heavy (non-hydrogen) atoms. The molecule has 0 bridgehead atoms. The van der Waals surface area contributed by atoms with Crippen LogP contribution in [0.1, 0.15) is 25.7 Å². The number of urea groups is 1. The highest BCUT2D eigenvalue weighted by atomic mass is 16.2. The molecule has 1 aromatic rings. The number of likely N-dealkylation sites (tertiary alicyclic amines) is 1.